The molecule has 96 valence electrons. The Kier molecular flexibility index (Phi) is 3.97. The van der Waals surface area contributed by atoms with Crippen molar-refractivity contribution in [2.24, 2.45) is 5.73 Å². The molecular weight excluding hydrogens is 224 g/mol. The topological polar surface area (TPSA) is 49.5 Å². The molecule has 0 spiro atoms. The van der Waals surface area contributed by atoms with E-state index in [1.165, 1.54) is 10.8 Å². The monoisotopic (exact) mass is 244 g/mol. The largest absolute Gasteiger partial charge is 0.395 e. The normalized spacial score (nSPS) is 14.9. The second kappa shape index (κ2) is 5.48. The van der Waals surface area contributed by atoms with Crippen LogP contribution in [-0.4, -0.2) is 36.8 Å². The number of benzene rings is 2. The van der Waals surface area contributed by atoms with Crippen molar-refractivity contribution in [3.63, 3.8) is 0 Å². The third kappa shape index (κ3) is 2.53. The lowest BCUT2D eigenvalue weighted by atomic mass is 9.96. The van der Waals surface area contributed by atoms with Crippen LogP contribution in [0.4, 0.5) is 0 Å². The van der Waals surface area contributed by atoms with Gasteiger partial charge in [0.1, 0.15) is 0 Å². The lowest BCUT2D eigenvalue weighted by Gasteiger charge is -2.29. The summed E-state index contributed by atoms with van der Waals surface area (Å²) in [5, 5.41) is 11.7. The molecule has 0 aliphatic rings. The molecule has 2 atom stereocenters. The number of likely N-dealkylation sites (N-methyl/N-ethyl adjacent to an activating group) is 1. The van der Waals surface area contributed by atoms with Crippen LogP contribution in [0.15, 0.2) is 42.5 Å². The molecule has 3 heteroatoms. The summed E-state index contributed by atoms with van der Waals surface area (Å²) in [7, 11) is 3.96. The molecule has 0 radical (unpaired) electrons. The summed E-state index contributed by atoms with van der Waals surface area (Å²) in [6.45, 7) is -0.0182. The van der Waals surface area contributed by atoms with E-state index < -0.39 is 0 Å². The summed E-state index contributed by atoms with van der Waals surface area (Å²) >= 11 is 0. The first-order valence-electron chi connectivity index (χ1n) is 6.15. The highest BCUT2D eigenvalue weighted by atomic mass is 16.3. The summed E-state index contributed by atoms with van der Waals surface area (Å²) in [5.74, 6) is 0. The molecule has 2 aromatic carbocycles. The zero-order valence-electron chi connectivity index (χ0n) is 10.9. The van der Waals surface area contributed by atoms with Crippen molar-refractivity contribution < 1.29 is 5.11 Å². The van der Waals surface area contributed by atoms with Crippen molar-refractivity contribution in [1.82, 2.24) is 4.90 Å². The van der Waals surface area contributed by atoms with E-state index in [-0.39, 0.29) is 18.7 Å². The maximum Gasteiger partial charge on any atom is 0.0601 e. The second-order valence-corrected chi connectivity index (χ2v) is 4.86. The molecule has 0 aliphatic heterocycles. The number of aliphatic hydroxyl groups excluding tert-OH is 1. The highest BCUT2D eigenvalue weighted by Gasteiger charge is 2.21. The quantitative estimate of drug-likeness (QED) is 0.861. The van der Waals surface area contributed by atoms with Crippen molar-refractivity contribution in [2.75, 3.05) is 20.7 Å². The Morgan fingerprint density at radius 1 is 1.11 bits per heavy atom. The number of aliphatic hydroxyl groups is 1. The van der Waals surface area contributed by atoms with Crippen molar-refractivity contribution in [2.45, 2.75) is 12.1 Å². The lowest BCUT2D eigenvalue weighted by molar-refractivity contribution is 0.181. The number of hydrogen-bond donors (Lipinski definition) is 2. The third-order valence-electron chi connectivity index (χ3n) is 3.29. The van der Waals surface area contributed by atoms with E-state index in [1.807, 2.05) is 31.1 Å². The zero-order valence-corrected chi connectivity index (χ0v) is 10.9. The molecule has 0 aliphatic carbocycles. The highest BCUT2D eigenvalue weighted by Crippen LogP contribution is 2.25. The maximum atomic E-state index is 9.28. The minimum absolute atomic E-state index is 0.0182. The first-order valence-corrected chi connectivity index (χ1v) is 6.15. The van der Waals surface area contributed by atoms with Crippen LogP contribution in [0.1, 0.15) is 11.6 Å². The molecule has 2 unspecified atom stereocenters. The van der Waals surface area contributed by atoms with Gasteiger partial charge in [0, 0.05) is 6.04 Å². The van der Waals surface area contributed by atoms with E-state index in [0.29, 0.717) is 0 Å². The van der Waals surface area contributed by atoms with Gasteiger partial charge in [-0.05, 0) is 36.5 Å². The average molecular weight is 244 g/mol. The summed E-state index contributed by atoms with van der Waals surface area (Å²) in [6, 6.07) is 14.3. The standard InChI is InChI=1S/C15H20N2O/c1-17(2)15(14(16)10-18)13-8-7-11-5-3-4-6-12(11)9-13/h3-9,14-15,18H,10,16H2,1-2H3. The smallest absolute Gasteiger partial charge is 0.0601 e. The first-order chi connectivity index (χ1) is 8.63. The fourth-order valence-corrected chi connectivity index (χ4v) is 2.42. The number of hydrogen-bond acceptors (Lipinski definition) is 3. The van der Waals surface area contributed by atoms with Gasteiger partial charge in [-0.1, -0.05) is 36.4 Å². The molecule has 3 nitrogen and oxygen atoms in total. The molecule has 0 saturated heterocycles. The molecule has 0 aromatic heterocycles. The minimum atomic E-state index is -0.277. The molecule has 0 amide bonds. The Balaban J connectivity index is 2.44. The molecule has 0 saturated carbocycles. The van der Waals surface area contributed by atoms with Gasteiger partial charge in [-0.25, -0.2) is 0 Å². The predicted octanol–water partition coefficient (Wildman–Crippen LogP) is 1.76. The maximum absolute atomic E-state index is 9.28. The van der Waals surface area contributed by atoms with Crippen LogP contribution < -0.4 is 5.73 Å². The van der Waals surface area contributed by atoms with Crippen molar-refractivity contribution >= 4 is 10.8 Å². The zero-order chi connectivity index (χ0) is 13.1. The van der Waals surface area contributed by atoms with E-state index in [2.05, 4.69) is 30.3 Å². The molecule has 3 N–H and O–H groups in total. The summed E-state index contributed by atoms with van der Waals surface area (Å²) in [5.41, 5.74) is 7.14. The number of nitrogens with zero attached hydrogens (tertiary/aromatic N) is 1. The van der Waals surface area contributed by atoms with E-state index in [0.717, 1.165) is 5.56 Å². The van der Waals surface area contributed by atoms with E-state index in [9.17, 15) is 5.11 Å². The summed E-state index contributed by atoms with van der Waals surface area (Å²) in [4.78, 5) is 2.05. The van der Waals surface area contributed by atoms with E-state index >= 15 is 0 Å². The molecule has 2 aromatic rings. The SMILES string of the molecule is CN(C)C(c1ccc2ccccc2c1)C(N)CO. The molecule has 0 fully saturated rings. The van der Waals surface area contributed by atoms with Gasteiger partial charge in [0.05, 0.1) is 12.6 Å². The average Bonchev–Trinajstić information content (AvgIpc) is 2.38. The van der Waals surface area contributed by atoms with Gasteiger partial charge < -0.3 is 15.7 Å². The van der Waals surface area contributed by atoms with Gasteiger partial charge >= 0.3 is 0 Å². The van der Waals surface area contributed by atoms with E-state index in [1.54, 1.807) is 0 Å². The molecule has 18 heavy (non-hydrogen) atoms. The van der Waals surface area contributed by atoms with E-state index in [4.69, 9.17) is 5.73 Å². The molecular formula is C15H20N2O. The number of rotatable bonds is 4. The van der Waals surface area contributed by atoms with Crippen LogP contribution in [0.5, 0.6) is 0 Å². The van der Waals surface area contributed by atoms with Crippen LogP contribution in [0.25, 0.3) is 10.8 Å². The Labute approximate surface area is 108 Å². The highest BCUT2D eigenvalue weighted by molar-refractivity contribution is 5.83. The van der Waals surface area contributed by atoms with Crippen LogP contribution in [0.2, 0.25) is 0 Å². The Morgan fingerprint density at radius 2 is 1.78 bits per heavy atom. The van der Waals surface area contributed by atoms with Gasteiger partial charge in [-0.2, -0.15) is 0 Å². The Bertz CT molecular complexity index is 525. The van der Waals surface area contributed by atoms with Crippen LogP contribution in [0.3, 0.4) is 0 Å². The number of fused-ring (bicyclic) bond motifs is 1. The fourth-order valence-electron chi connectivity index (χ4n) is 2.42. The predicted molar refractivity (Wildman–Crippen MR) is 75.4 cm³/mol. The molecule has 0 bridgehead atoms. The number of nitrogens with two attached hydrogens (primary N) is 1. The van der Waals surface area contributed by atoms with Crippen LogP contribution >= 0.6 is 0 Å². The van der Waals surface area contributed by atoms with Gasteiger partial charge in [0.2, 0.25) is 0 Å². The summed E-state index contributed by atoms with van der Waals surface area (Å²) in [6.07, 6.45) is 0. The van der Waals surface area contributed by atoms with Crippen molar-refractivity contribution in [3.8, 4) is 0 Å². The Hall–Kier alpha value is -1.42. The lowest BCUT2D eigenvalue weighted by Crippen LogP contribution is -2.39. The van der Waals surface area contributed by atoms with Gasteiger partial charge in [-0.3, -0.25) is 0 Å². The summed E-state index contributed by atoms with van der Waals surface area (Å²) < 4.78 is 0. The Morgan fingerprint density at radius 3 is 2.39 bits per heavy atom. The molecule has 2 rings (SSSR count). The van der Waals surface area contributed by atoms with Crippen molar-refractivity contribution in [3.05, 3.63) is 48.0 Å². The fraction of sp³-hybridized carbons (Fsp3) is 0.333. The van der Waals surface area contributed by atoms with Gasteiger partial charge in [0.15, 0.2) is 0 Å². The first kappa shape index (κ1) is 13.0. The minimum Gasteiger partial charge on any atom is -0.395 e. The van der Waals surface area contributed by atoms with Gasteiger partial charge in [0.25, 0.3) is 0 Å². The second-order valence-electron chi connectivity index (χ2n) is 4.86. The van der Waals surface area contributed by atoms with Crippen molar-refractivity contribution in [1.29, 1.82) is 0 Å². The molecule has 0 heterocycles. The van der Waals surface area contributed by atoms with Crippen LogP contribution in [-0.2, 0) is 0 Å². The van der Waals surface area contributed by atoms with Gasteiger partial charge in [-0.15, -0.1) is 0 Å². The third-order valence-corrected chi connectivity index (χ3v) is 3.29. The van der Waals surface area contributed by atoms with Crippen LogP contribution in [0, 0.1) is 0 Å².